The van der Waals surface area contributed by atoms with Crippen LogP contribution < -0.4 is 0 Å². The fourth-order valence-corrected chi connectivity index (χ4v) is 6.96. The van der Waals surface area contributed by atoms with Crippen LogP contribution in [-0.4, -0.2) is 19.8 Å². The lowest BCUT2D eigenvalue weighted by molar-refractivity contribution is 0.342. The number of unbranched alkanes of at least 4 members (excludes halogenated alkanes) is 3. The van der Waals surface area contributed by atoms with Crippen molar-refractivity contribution >= 4 is 8.07 Å². The average Bonchev–Trinajstić information content (AvgIpc) is 2.37. The molecule has 0 aliphatic heterocycles. The molecule has 1 nitrogen and oxygen atoms in total. The van der Waals surface area contributed by atoms with Gasteiger partial charge in [-0.3, -0.25) is 0 Å². The zero-order valence-electron chi connectivity index (χ0n) is 12.4. The molecule has 0 unspecified atom stereocenters. The van der Waals surface area contributed by atoms with Gasteiger partial charge in [0.2, 0.25) is 0 Å². The lowest BCUT2D eigenvalue weighted by atomic mass is 10.1. The molecule has 0 amide bonds. The molecule has 0 saturated heterocycles. The lowest BCUT2D eigenvalue weighted by Crippen LogP contribution is -2.35. The average molecular weight is 257 g/mol. The summed E-state index contributed by atoms with van der Waals surface area (Å²) in [5.74, 6) is 0. The standard InChI is InChI=1S/C15H32OSi/c1-5-9-10-11-12-15(13-14-16)17(6-2,7-3)8-4/h13,16H,5-12,14H2,1-4H3/b15-13-. The number of aliphatic hydroxyl groups excluding tert-OH is 1. The van der Waals surface area contributed by atoms with E-state index in [0.29, 0.717) is 0 Å². The van der Waals surface area contributed by atoms with Gasteiger partial charge in [0.25, 0.3) is 0 Å². The van der Waals surface area contributed by atoms with Gasteiger partial charge in [0.15, 0.2) is 0 Å². The molecule has 17 heavy (non-hydrogen) atoms. The summed E-state index contributed by atoms with van der Waals surface area (Å²) in [7, 11) is -1.23. The van der Waals surface area contributed by atoms with Crippen LogP contribution in [0.4, 0.5) is 0 Å². The summed E-state index contributed by atoms with van der Waals surface area (Å²) < 4.78 is 0. The molecule has 0 rings (SSSR count). The molecule has 0 bridgehead atoms. The van der Waals surface area contributed by atoms with Crippen molar-refractivity contribution in [2.45, 2.75) is 77.9 Å². The maximum atomic E-state index is 9.24. The molecule has 0 saturated carbocycles. The van der Waals surface area contributed by atoms with E-state index in [1.54, 1.807) is 5.20 Å². The van der Waals surface area contributed by atoms with Crippen molar-refractivity contribution in [2.75, 3.05) is 6.61 Å². The predicted octanol–water partition coefficient (Wildman–Crippen LogP) is 4.92. The lowest BCUT2D eigenvalue weighted by Gasteiger charge is -2.31. The molecule has 0 aromatic carbocycles. The molecule has 102 valence electrons. The van der Waals surface area contributed by atoms with E-state index >= 15 is 0 Å². The topological polar surface area (TPSA) is 20.2 Å². The Morgan fingerprint density at radius 2 is 1.53 bits per heavy atom. The van der Waals surface area contributed by atoms with E-state index in [2.05, 4.69) is 33.8 Å². The van der Waals surface area contributed by atoms with E-state index in [-0.39, 0.29) is 6.61 Å². The van der Waals surface area contributed by atoms with E-state index in [1.807, 2.05) is 0 Å². The summed E-state index contributed by atoms with van der Waals surface area (Å²) in [5.41, 5.74) is 0. The summed E-state index contributed by atoms with van der Waals surface area (Å²) in [5, 5.41) is 10.9. The number of rotatable bonds is 10. The maximum Gasteiger partial charge on any atom is 0.0804 e. The highest BCUT2D eigenvalue weighted by Crippen LogP contribution is 2.31. The van der Waals surface area contributed by atoms with Gasteiger partial charge in [0.1, 0.15) is 0 Å². The SMILES string of the molecule is CCCCCC/C(=C/CO)[Si](CC)(CC)CC. The predicted molar refractivity (Wildman–Crippen MR) is 81.1 cm³/mol. The zero-order chi connectivity index (χ0) is 13.1. The third-order valence-corrected chi connectivity index (χ3v) is 10.2. The second kappa shape index (κ2) is 9.90. The monoisotopic (exact) mass is 256 g/mol. The smallest absolute Gasteiger partial charge is 0.0804 e. The Morgan fingerprint density at radius 1 is 0.941 bits per heavy atom. The first kappa shape index (κ1) is 16.9. The van der Waals surface area contributed by atoms with Gasteiger partial charge in [-0.05, 0) is 12.8 Å². The second-order valence-electron chi connectivity index (χ2n) is 5.06. The fourth-order valence-electron chi connectivity index (χ4n) is 2.87. The molecule has 0 fully saturated rings. The molecule has 0 aromatic heterocycles. The summed E-state index contributed by atoms with van der Waals surface area (Å²) in [6.07, 6.45) is 8.69. The van der Waals surface area contributed by atoms with Gasteiger partial charge in [-0.2, -0.15) is 0 Å². The molecule has 0 radical (unpaired) electrons. The highest BCUT2D eigenvalue weighted by Gasteiger charge is 2.30. The number of hydrogen-bond donors (Lipinski definition) is 1. The largest absolute Gasteiger partial charge is 0.392 e. The van der Waals surface area contributed by atoms with Gasteiger partial charge in [0.05, 0.1) is 14.7 Å². The third kappa shape index (κ3) is 5.39. The Kier molecular flexibility index (Phi) is 9.85. The number of aliphatic hydroxyl groups is 1. The minimum atomic E-state index is -1.23. The van der Waals surface area contributed by atoms with Crippen molar-refractivity contribution in [1.82, 2.24) is 0 Å². The Balaban J connectivity index is 4.54. The molecule has 0 spiro atoms. The van der Waals surface area contributed by atoms with Gasteiger partial charge >= 0.3 is 0 Å². The van der Waals surface area contributed by atoms with Gasteiger partial charge in [-0.1, -0.05) is 76.4 Å². The molecular formula is C15H32OSi. The highest BCUT2D eigenvalue weighted by atomic mass is 28.3. The van der Waals surface area contributed by atoms with E-state index in [4.69, 9.17) is 0 Å². The number of hydrogen-bond acceptors (Lipinski definition) is 1. The molecule has 0 aliphatic carbocycles. The van der Waals surface area contributed by atoms with Crippen molar-refractivity contribution < 1.29 is 5.11 Å². The first-order valence-corrected chi connectivity index (χ1v) is 10.1. The van der Waals surface area contributed by atoms with Crippen molar-refractivity contribution in [1.29, 1.82) is 0 Å². The third-order valence-electron chi connectivity index (χ3n) is 4.35. The van der Waals surface area contributed by atoms with Crippen LogP contribution in [0.3, 0.4) is 0 Å². The summed E-state index contributed by atoms with van der Waals surface area (Å²) in [4.78, 5) is 0. The fraction of sp³-hybridized carbons (Fsp3) is 0.867. The quantitative estimate of drug-likeness (QED) is 0.434. The normalized spacial score (nSPS) is 13.1. The molecule has 0 aliphatic rings. The first-order chi connectivity index (χ1) is 8.20. The van der Waals surface area contributed by atoms with Crippen LogP contribution in [0.1, 0.15) is 59.8 Å². The van der Waals surface area contributed by atoms with Gasteiger partial charge in [-0.25, -0.2) is 0 Å². The van der Waals surface area contributed by atoms with Gasteiger partial charge in [0, 0.05) is 0 Å². The van der Waals surface area contributed by atoms with E-state index in [9.17, 15) is 5.11 Å². The summed E-state index contributed by atoms with van der Waals surface area (Å²) >= 11 is 0. The van der Waals surface area contributed by atoms with Crippen molar-refractivity contribution in [3.8, 4) is 0 Å². The van der Waals surface area contributed by atoms with Crippen LogP contribution in [0.25, 0.3) is 0 Å². The van der Waals surface area contributed by atoms with Gasteiger partial charge in [-0.15, -0.1) is 0 Å². The number of allylic oxidation sites excluding steroid dienone is 1. The van der Waals surface area contributed by atoms with Crippen LogP contribution in [0.5, 0.6) is 0 Å². The molecule has 0 atom stereocenters. The Labute approximate surface area is 109 Å². The molecule has 1 N–H and O–H groups in total. The van der Waals surface area contributed by atoms with Crippen LogP contribution in [0.2, 0.25) is 18.1 Å². The zero-order valence-corrected chi connectivity index (χ0v) is 13.4. The summed E-state index contributed by atoms with van der Waals surface area (Å²) in [6.45, 7) is 9.52. The summed E-state index contributed by atoms with van der Waals surface area (Å²) in [6, 6.07) is 4.00. The maximum absolute atomic E-state index is 9.24. The van der Waals surface area contributed by atoms with E-state index in [1.165, 1.54) is 50.2 Å². The minimum absolute atomic E-state index is 0.234. The van der Waals surface area contributed by atoms with Crippen LogP contribution >= 0.6 is 0 Å². The second-order valence-corrected chi connectivity index (χ2v) is 10.4. The highest BCUT2D eigenvalue weighted by molar-refractivity contribution is 6.86. The van der Waals surface area contributed by atoms with Crippen molar-refractivity contribution in [3.05, 3.63) is 11.3 Å². The Morgan fingerprint density at radius 3 is 1.94 bits per heavy atom. The van der Waals surface area contributed by atoms with Crippen LogP contribution in [0.15, 0.2) is 11.3 Å². The van der Waals surface area contributed by atoms with Crippen molar-refractivity contribution in [2.24, 2.45) is 0 Å². The molecule has 2 heteroatoms. The van der Waals surface area contributed by atoms with Gasteiger partial charge < -0.3 is 5.11 Å². The van der Waals surface area contributed by atoms with E-state index < -0.39 is 8.07 Å². The van der Waals surface area contributed by atoms with Crippen LogP contribution in [-0.2, 0) is 0 Å². The van der Waals surface area contributed by atoms with E-state index in [0.717, 1.165) is 0 Å². The first-order valence-electron chi connectivity index (χ1n) is 7.51. The molecule has 0 aromatic rings. The van der Waals surface area contributed by atoms with Crippen LogP contribution in [0, 0.1) is 0 Å². The minimum Gasteiger partial charge on any atom is -0.392 e. The molecule has 0 heterocycles. The van der Waals surface area contributed by atoms with Crippen molar-refractivity contribution in [3.63, 3.8) is 0 Å². The Hall–Kier alpha value is -0.0831. The molecular weight excluding hydrogens is 224 g/mol. The Bertz CT molecular complexity index is 199.